The lowest BCUT2D eigenvalue weighted by Crippen LogP contribution is -2.15. The predicted octanol–water partition coefficient (Wildman–Crippen LogP) is 4.03. The van der Waals surface area contributed by atoms with E-state index in [9.17, 15) is 0 Å². The van der Waals surface area contributed by atoms with Crippen LogP contribution < -0.4 is 5.32 Å². The molecule has 102 valence electrons. The van der Waals surface area contributed by atoms with Gasteiger partial charge in [-0.1, -0.05) is 13.8 Å². The molecule has 19 heavy (non-hydrogen) atoms. The lowest BCUT2D eigenvalue weighted by molar-refractivity contribution is 0.509. The van der Waals surface area contributed by atoms with E-state index in [2.05, 4.69) is 36.1 Å². The monoisotopic (exact) mass is 275 g/mol. The molecule has 1 N–H and O–H groups in total. The molecular formula is C15H21N3S. The number of nitrogens with one attached hydrogen (secondary N) is 1. The van der Waals surface area contributed by atoms with E-state index in [0.717, 1.165) is 23.0 Å². The topological polar surface area (TPSA) is 37.8 Å². The molecule has 0 saturated heterocycles. The Labute approximate surface area is 118 Å². The summed E-state index contributed by atoms with van der Waals surface area (Å²) in [5.74, 6) is 1.84. The van der Waals surface area contributed by atoms with Gasteiger partial charge in [0.1, 0.15) is 17.0 Å². The normalized spacial score (nSPS) is 20.3. The second-order valence-electron chi connectivity index (χ2n) is 5.71. The molecule has 2 aromatic rings. The Morgan fingerprint density at radius 1 is 1.47 bits per heavy atom. The molecule has 3 nitrogen and oxygen atoms in total. The molecule has 2 heterocycles. The zero-order valence-corrected chi connectivity index (χ0v) is 12.7. The van der Waals surface area contributed by atoms with Crippen LogP contribution in [-0.4, -0.2) is 16.0 Å². The quantitative estimate of drug-likeness (QED) is 0.919. The van der Waals surface area contributed by atoms with Crippen LogP contribution in [0.3, 0.4) is 0 Å². The summed E-state index contributed by atoms with van der Waals surface area (Å²) in [5, 5.41) is 4.82. The van der Waals surface area contributed by atoms with Crippen molar-refractivity contribution in [2.24, 2.45) is 5.92 Å². The van der Waals surface area contributed by atoms with Crippen molar-refractivity contribution in [2.75, 3.05) is 5.32 Å². The fourth-order valence-electron chi connectivity index (χ4n) is 2.72. The van der Waals surface area contributed by atoms with E-state index in [-0.39, 0.29) is 0 Å². The summed E-state index contributed by atoms with van der Waals surface area (Å²) in [6, 6.07) is 0.455. The van der Waals surface area contributed by atoms with Crippen molar-refractivity contribution in [3.8, 4) is 0 Å². The molecule has 2 atom stereocenters. The fraction of sp³-hybridized carbons (Fsp3) is 0.600. The standard InChI is InChI=1S/C15H21N3S/c1-4-10(3)18-14-13-11-6-5-9(2)7-12(11)19-15(13)17-8-16-14/h8-10H,4-7H2,1-3H3,(H,16,17,18)/t9-,10-/m1/s1. The van der Waals surface area contributed by atoms with Gasteiger partial charge in [-0.15, -0.1) is 11.3 Å². The minimum absolute atomic E-state index is 0.455. The highest BCUT2D eigenvalue weighted by Crippen LogP contribution is 2.39. The summed E-state index contributed by atoms with van der Waals surface area (Å²) in [5.41, 5.74) is 1.50. The van der Waals surface area contributed by atoms with Crippen molar-refractivity contribution >= 4 is 27.4 Å². The zero-order valence-electron chi connectivity index (χ0n) is 11.9. The first-order chi connectivity index (χ1) is 9.19. The number of anilines is 1. The Balaban J connectivity index is 2.08. The number of aromatic nitrogens is 2. The van der Waals surface area contributed by atoms with E-state index in [4.69, 9.17) is 0 Å². The van der Waals surface area contributed by atoms with Crippen molar-refractivity contribution in [3.63, 3.8) is 0 Å². The maximum absolute atomic E-state index is 4.48. The van der Waals surface area contributed by atoms with Crippen LogP contribution in [0.5, 0.6) is 0 Å². The smallest absolute Gasteiger partial charge is 0.138 e. The van der Waals surface area contributed by atoms with Crippen LogP contribution in [0.1, 0.15) is 44.1 Å². The number of hydrogen-bond donors (Lipinski definition) is 1. The average Bonchev–Trinajstić information content (AvgIpc) is 2.76. The molecule has 0 aromatic carbocycles. The average molecular weight is 275 g/mol. The molecule has 0 spiro atoms. The van der Waals surface area contributed by atoms with E-state index >= 15 is 0 Å². The van der Waals surface area contributed by atoms with Crippen molar-refractivity contribution in [3.05, 3.63) is 16.8 Å². The summed E-state index contributed by atoms with van der Waals surface area (Å²) in [4.78, 5) is 11.6. The third-order valence-corrected chi connectivity index (χ3v) is 5.25. The Hall–Kier alpha value is -1.16. The van der Waals surface area contributed by atoms with Gasteiger partial charge >= 0.3 is 0 Å². The summed E-state index contributed by atoms with van der Waals surface area (Å²) in [6.07, 6.45) is 6.47. The molecule has 0 radical (unpaired) electrons. The highest BCUT2D eigenvalue weighted by Gasteiger charge is 2.23. The molecule has 0 saturated carbocycles. The van der Waals surface area contributed by atoms with Gasteiger partial charge in [-0.3, -0.25) is 0 Å². The van der Waals surface area contributed by atoms with E-state index in [1.54, 1.807) is 6.33 Å². The van der Waals surface area contributed by atoms with Crippen LogP contribution in [0.4, 0.5) is 5.82 Å². The van der Waals surface area contributed by atoms with Crippen molar-refractivity contribution in [2.45, 2.75) is 52.5 Å². The summed E-state index contributed by atoms with van der Waals surface area (Å²) < 4.78 is 0. The van der Waals surface area contributed by atoms with Gasteiger partial charge in [-0.2, -0.15) is 0 Å². The highest BCUT2D eigenvalue weighted by molar-refractivity contribution is 7.19. The molecular weight excluding hydrogens is 254 g/mol. The maximum atomic E-state index is 4.48. The van der Waals surface area contributed by atoms with Crippen LogP contribution in [0.15, 0.2) is 6.33 Å². The van der Waals surface area contributed by atoms with Crippen molar-refractivity contribution < 1.29 is 0 Å². The first kappa shape index (κ1) is 12.9. The van der Waals surface area contributed by atoms with Crippen LogP contribution in [0.25, 0.3) is 10.2 Å². The Morgan fingerprint density at radius 3 is 3.11 bits per heavy atom. The fourth-order valence-corrected chi connectivity index (χ4v) is 4.07. The molecule has 4 heteroatoms. The number of thiophene rings is 1. The Bertz CT molecular complexity index is 590. The van der Waals surface area contributed by atoms with E-state index in [1.807, 2.05) is 11.3 Å². The van der Waals surface area contributed by atoms with Crippen LogP contribution in [0, 0.1) is 5.92 Å². The molecule has 0 unspecified atom stereocenters. The highest BCUT2D eigenvalue weighted by atomic mass is 32.1. The van der Waals surface area contributed by atoms with E-state index in [1.165, 1.54) is 35.1 Å². The summed E-state index contributed by atoms with van der Waals surface area (Å²) in [6.45, 7) is 6.74. The predicted molar refractivity (Wildman–Crippen MR) is 82.0 cm³/mol. The summed E-state index contributed by atoms with van der Waals surface area (Å²) in [7, 11) is 0. The minimum atomic E-state index is 0.455. The second kappa shape index (κ2) is 5.08. The van der Waals surface area contributed by atoms with Crippen molar-refractivity contribution in [1.29, 1.82) is 0 Å². The third kappa shape index (κ3) is 2.34. The van der Waals surface area contributed by atoms with Gasteiger partial charge in [-0.25, -0.2) is 9.97 Å². The van der Waals surface area contributed by atoms with Gasteiger partial charge in [0, 0.05) is 10.9 Å². The molecule has 1 aliphatic rings. The maximum Gasteiger partial charge on any atom is 0.138 e. The molecule has 3 rings (SSSR count). The van der Waals surface area contributed by atoms with Crippen molar-refractivity contribution in [1.82, 2.24) is 9.97 Å². The number of hydrogen-bond acceptors (Lipinski definition) is 4. The Kier molecular flexibility index (Phi) is 3.44. The first-order valence-corrected chi connectivity index (χ1v) is 8.02. The summed E-state index contributed by atoms with van der Waals surface area (Å²) >= 11 is 1.86. The number of rotatable bonds is 3. The van der Waals surface area contributed by atoms with Crippen LogP contribution in [0.2, 0.25) is 0 Å². The third-order valence-electron chi connectivity index (χ3n) is 4.09. The van der Waals surface area contributed by atoms with Gasteiger partial charge in [-0.05, 0) is 44.1 Å². The SMILES string of the molecule is CC[C@@H](C)Nc1ncnc2sc3c(c12)CC[C@@H](C)C3. The zero-order chi connectivity index (χ0) is 13.4. The molecule has 0 fully saturated rings. The van der Waals surface area contributed by atoms with Gasteiger partial charge in [0.2, 0.25) is 0 Å². The second-order valence-corrected chi connectivity index (χ2v) is 6.79. The lowest BCUT2D eigenvalue weighted by Gasteiger charge is -2.19. The number of fused-ring (bicyclic) bond motifs is 3. The molecule has 0 amide bonds. The minimum Gasteiger partial charge on any atom is -0.367 e. The van der Waals surface area contributed by atoms with Crippen LogP contribution >= 0.6 is 11.3 Å². The van der Waals surface area contributed by atoms with Gasteiger partial charge in [0.25, 0.3) is 0 Å². The first-order valence-electron chi connectivity index (χ1n) is 7.20. The lowest BCUT2D eigenvalue weighted by atomic mass is 9.89. The molecule has 0 aliphatic heterocycles. The Morgan fingerprint density at radius 2 is 2.32 bits per heavy atom. The van der Waals surface area contributed by atoms with E-state index < -0.39 is 0 Å². The molecule has 0 bridgehead atoms. The molecule has 2 aromatic heterocycles. The van der Waals surface area contributed by atoms with E-state index in [0.29, 0.717) is 6.04 Å². The number of nitrogens with zero attached hydrogens (tertiary/aromatic N) is 2. The molecule has 1 aliphatic carbocycles. The van der Waals surface area contributed by atoms with Gasteiger partial charge in [0.15, 0.2) is 0 Å². The van der Waals surface area contributed by atoms with Gasteiger partial charge in [0.05, 0.1) is 5.39 Å². The van der Waals surface area contributed by atoms with Gasteiger partial charge < -0.3 is 5.32 Å². The largest absolute Gasteiger partial charge is 0.367 e. The number of aryl methyl sites for hydroxylation is 1. The van der Waals surface area contributed by atoms with Crippen LogP contribution in [-0.2, 0) is 12.8 Å².